The van der Waals surface area contributed by atoms with Crippen LogP contribution in [-0.4, -0.2) is 15.5 Å². The molecule has 7 nitrogen and oxygen atoms in total. The summed E-state index contributed by atoms with van der Waals surface area (Å²) in [5.74, 6) is -0.268. The first-order valence-corrected chi connectivity index (χ1v) is 12.7. The lowest BCUT2D eigenvalue weighted by Gasteiger charge is -2.32. The van der Waals surface area contributed by atoms with Gasteiger partial charge in [-0.2, -0.15) is 0 Å². The van der Waals surface area contributed by atoms with Gasteiger partial charge in [0.15, 0.2) is 5.82 Å². The van der Waals surface area contributed by atoms with Crippen molar-refractivity contribution in [3.63, 3.8) is 0 Å². The predicted molar refractivity (Wildman–Crippen MR) is 135 cm³/mol. The molecule has 35 heavy (non-hydrogen) atoms. The molecule has 9 heteroatoms. The van der Waals surface area contributed by atoms with Gasteiger partial charge in [0, 0.05) is 34.7 Å². The number of halogens is 1. The van der Waals surface area contributed by atoms with Crippen molar-refractivity contribution in [2.75, 3.05) is 5.32 Å². The molecule has 1 amide bonds. The topological polar surface area (TPSA) is 88.0 Å². The molecular formula is C26H30FN5O2S. The summed E-state index contributed by atoms with van der Waals surface area (Å²) in [6.45, 7) is 8.37. The molecule has 0 aliphatic carbocycles. The molecule has 0 saturated carbocycles. The normalized spacial score (nSPS) is 17.7. The molecule has 0 bridgehead atoms. The van der Waals surface area contributed by atoms with Gasteiger partial charge < -0.3 is 16.0 Å². The second-order valence-electron chi connectivity index (χ2n) is 10.3. The maximum atomic E-state index is 13.5. The molecule has 0 radical (unpaired) electrons. The smallest absolute Gasteiger partial charge is 0.294 e. The standard InChI is InChI=1S/C26H30FN5O2S/c1-26(2,3)22(15-4-6-17(27)7-5-15)31-23-25(34)32-18(12-29-23)8-9-20(32)24(33)30-13-19-10-16-11-28-14-21(16)35-19/h4-7,10,12,20,22,28H,8-9,11,13-14H2,1-3H3,(H,29,31)(H,30,33)/t20-,22-/m0/s1. The van der Waals surface area contributed by atoms with Crippen LogP contribution in [0.3, 0.4) is 0 Å². The highest BCUT2D eigenvalue weighted by atomic mass is 32.1. The molecule has 5 rings (SSSR count). The summed E-state index contributed by atoms with van der Waals surface area (Å²) >= 11 is 1.72. The molecule has 2 aliphatic rings. The predicted octanol–water partition coefficient (Wildman–Crippen LogP) is 4.05. The van der Waals surface area contributed by atoms with Crippen LogP contribution in [0.2, 0.25) is 0 Å². The lowest BCUT2D eigenvalue weighted by atomic mass is 9.82. The van der Waals surface area contributed by atoms with Crippen LogP contribution in [-0.2, 0) is 30.8 Å². The van der Waals surface area contributed by atoms with Gasteiger partial charge >= 0.3 is 0 Å². The largest absolute Gasteiger partial charge is 0.358 e. The number of aromatic nitrogens is 2. The van der Waals surface area contributed by atoms with Crippen LogP contribution in [0.25, 0.3) is 0 Å². The third-order valence-corrected chi connectivity index (χ3v) is 7.87. The first kappa shape index (κ1) is 23.7. The third kappa shape index (κ3) is 4.75. The molecule has 4 heterocycles. The Bertz CT molecular complexity index is 1290. The van der Waals surface area contributed by atoms with E-state index in [1.807, 2.05) is 20.8 Å². The molecule has 184 valence electrons. The number of hydrogen-bond donors (Lipinski definition) is 3. The number of aryl methyl sites for hydroxylation is 1. The number of anilines is 1. The number of nitrogens with zero attached hydrogens (tertiary/aromatic N) is 2. The van der Waals surface area contributed by atoms with E-state index in [2.05, 4.69) is 27.0 Å². The van der Waals surface area contributed by atoms with E-state index in [1.165, 1.54) is 22.6 Å². The Morgan fingerprint density at radius 1 is 1.29 bits per heavy atom. The Morgan fingerprint density at radius 2 is 2.06 bits per heavy atom. The van der Waals surface area contributed by atoms with E-state index < -0.39 is 6.04 Å². The Balaban J connectivity index is 1.36. The van der Waals surface area contributed by atoms with Gasteiger partial charge in [-0.15, -0.1) is 11.3 Å². The lowest BCUT2D eigenvalue weighted by Crippen LogP contribution is -2.37. The van der Waals surface area contributed by atoms with E-state index in [0.29, 0.717) is 19.4 Å². The van der Waals surface area contributed by atoms with Gasteiger partial charge in [-0.3, -0.25) is 14.2 Å². The quantitative estimate of drug-likeness (QED) is 0.480. The number of rotatable bonds is 6. The SMILES string of the molecule is CC(C)(C)[C@@H](Nc1ncc2n(c1=O)[C@H](C(=O)NCc1cc3c(s1)CNC3)CC2)c1ccc(F)cc1. The van der Waals surface area contributed by atoms with E-state index in [1.54, 1.807) is 34.2 Å². The molecule has 0 unspecified atom stereocenters. The Kier molecular flexibility index (Phi) is 6.23. The van der Waals surface area contributed by atoms with Crippen LogP contribution in [0, 0.1) is 11.2 Å². The minimum absolute atomic E-state index is 0.152. The molecule has 1 aromatic carbocycles. The van der Waals surface area contributed by atoms with Gasteiger partial charge in [0.1, 0.15) is 11.9 Å². The minimum Gasteiger partial charge on any atom is -0.358 e. The Morgan fingerprint density at radius 3 is 2.77 bits per heavy atom. The molecule has 2 aromatic heterocycles. The number of amides is 1. The lowest BCUT2D eigenvalue weighted by molar-refractivity contribution is -0.124. The Hall–Kier alpha value is -3.04. The maximum Gasteiger partial charge on any atom is 0.294 e. The number of hydrogen-bond acceptors (Lipinski definition) is 6. The zero-order valence-corrected chi connectivity index (χ0v) is 21.0. The van der Waals surface area contributed by atoms with Crippen LogP contribution in [0.1, 0.15) is 65.9 Å². The highest BCUT2D eigenvalue weighted by molar-refractivity contribution is 7.12. The maximum absolute atomic E-state index is 13.5. The molecule has 0 spiro atoms. The first-order chi connectivity index (χ1) is 16.7. The van der Waals surface area contributed by atoms with Crippen LogP contribution in [0.4, 0.5) is 10.2 Å². The van der Waals surface area contributed by atoms with E-state index in [-0.39, 0.29) is 34.6 Å². The molecule has 0 fully saturated rings. The highest BCUT2D eigenvalue weighted by Gasteiger charge is 2.33. The number of fused-ring (bicyclic) bond motifs is 2. The van der Waals surface area contributed by atoms with Crippen molar-refractivity contribution in [3.8, 4) is 0 Å². The molecule has 2 aliphatic heterocycles. The fourth-order valence-electron chi connectivity index (χ4n) is 4.90. The minimum atomic E-state index is -0.562. The van der Waals surface area contributed by atoms with Crippen molar-refractivity contribution in [1.82, 2.24) is 20.2 Å². The number of benzene rings is 1. The first-order valence-electron chi connectivity index (χ1n) is 11.9. The fourth-order valence-corrected chi connectivity index (χ4v) is 6.00. The summed E-state index contributed by atoms with van der Waals surface area (Å²) in [7, 11) is 0. The van der Waals surface area contributed by atoms with Gasteiger partial charge in [-0.25, -0.2) is 9.37 Å². The molecule has 3 aromatic rings. The zero-order chi connectivity index (χ0) is 24.7. The summed E-state index contributed by atoms with van der Waals surface area (Å²) in [4.78, 5) is 33.4. The van der Waals surface area contributed by atoms with Gasteiger partial charge in [0.2, 0.25) is 5.91 Å². The van der Waals surface area contributed by atoms with Crippen molar-refractivity contribution in [2.45, 2.75) is 65.3 Å². The van der Waals surface area contributed by atoms with E-state index in [0.717, 1.165) is 29.2 Å². The average Bonchev–Trinajstić information content (AvgIpc) is 3.52. The second-order valence-corrected chi connectivity index (χ2v) is 11.5. The van der Waals surface area contributed by atoms with Crippen molar-refractivity contribution in [3.05, 3.63) is 79.3 Å². The molecular weight excluding hydrogens is 465 g/mol. The van der Waals surface area contributed by atoms with E-state index in [9.17, 15) is 14.0 Å². The van der Waals surface area contributed by atoms with Gasteiger partial charge in [-0.1, -0.05) is 32.9 Å². The highest BCUT2D eigenvalue weighted by Crippen LogP contribution is 2.35. The molecule has 0 saturated heterocycles. The molecule has 3 N–H and O–H groups in total. The zero-order valence-electron chi connectivity index (χ0n) is 20.2. The van der Waals surface area contributed by atoms with Crippen molar-refractivity contribution >= 4 is 23.1 Å². The number of carbonyl (C=O) groups excluding carboxylic acids is 1. The monoisotopic (exact) mass is 495 g/mol. The number of thiophene rings is 1. The Labute approximate surface area is 207 Å². The number of nitrogens with one attached hydrogen (secondary N) is 3. The van der Waals surface area contributed by atoms with Crippen molar-refractivity contribution < 1.29 is 9.18 Å². The molecule has 2 atom stereocenters. The summed E-state index contributed by atoms with van der Waals surface area (Å²) in [5.41, 5.74) is 2.34. The third-order valence-electron chi connectivity index (χ3n) is 6.70. The van der Waals surface area contributed by atoms with E-state index >= 15 is 0 Å². The van der Waals surface area contributed by atoms with Gasteiger partial charge in [0.05, 0.1) is 12.6 Å². The summed E-state index contributed by atoms with van der Waals surface area (Å²) in [5, 5.41) is 9.64. The fraction of sp³-hybridized carbons (Fsp3) is 0.423. The number of carbonyl (C=O) groups is 1. The van der Waals surface area contributed by atoms with Gasteiger partial charge in [0.25, 0.3) is 5.56 Å². The van der Waals surface area contributed by atoms with Crippen molar-refractivity contribution in [2.24, 2.45) is 5.41 Å². The second kappa shape index (κ2) is 9.20. The average molecular weight is 496 g/mol. The van der Waals surface area contributed by atoms with Crippen molar-refractivity contribution in [1.29, 1.82) is 0 Å². The summed E-state index contributed by atoms with van der Waals surface area (Å²) < 4.78 is 15.1. The summed E-state index contributed by atoms with van der Waals surface area (Å²) in [6, 6.07) is 7.57. The van der Waals surface area contributed by atoms with Crippen LogP contribution in [0.5, 0.6) is 0 Å². The van der Waals surface area contributed by atoms with Gasteiger partial charge in [-0.05, 0) is 47.6 Å². The van der Waals surface area contributed by atoms with E-state index in [4.69, 9.17) is 0 Å². The van der Waals surface area contributed by atoms with Crippen LogP contribution in [0.15, 0.2) is 41.3 Å². The summed E-state index contributed by atoms with van der Waals surface area (Å²) in [6.07, 6.45) is 2.87. The van der Waals surface area contributed by atoms with Crippen LogP contribution < -0.4 is 21.5 Å². The van der Waals surface area contributed by atoms with Crippen LogP contribution >= 0.6 is 11.3 Å².